The van der Waals surface area contributed by atoms with Gasteiger partial charge >= 0.3 is 0 Å². The van der Waals surface area contributed by atoms with Gasteiger partial charge < -0.3 is 10.5 Å². The van der Waals surface area contributed by atoms with Crippen LogP contribution in [0, 0.1) is 0 Å². The molecule has 1 aromatic carbocycles. The molecule has 5 heteroatoms. The van der Waals surface area contributed by atoms with Crippen LogP contribution in [-0.4, -0.2) is 35.4 Å². The molecule has 0 saturated carbocycles. The lowest BCUT2D eigenvalue weighted by Crippen LogP contribution is -2.30. The molecular weight excluding hydrogens is 264 g/mol. The minimum absolute atomic E-state index is 0.196. The second kappa shape index (κ2) is 7.36. The highest BCUT2D eigenvalue weighted by molar-refractivity contribution is 5.25. The highest BCUT2D eigenvalue weighted by atomic mass is 16.5. The second-order valence-electron chi connectivity index (χ2n) is 5.36. The molecule has 0 aliphatic carbocycles. The summed E-state index contributed by atoms with van der Waals surface area (Å²) in [6, 6.07) is 8.65. The Hall–Kier alpha value is -1.69. The number of nitrogens with two attached hydrogens (primary N) is 1. The Morgan fingerprint density at radius 2 is 2.00 bits per heavy atom. The van der Waals surface area contributed by atoms with Gasteiger partial charge in [-0.1, -0.05) is 24.3 Å². The third kappa shape index (κ3) is 4.14. The SMILES string of the molecule is COCc1ccc(C(CN)N(C)Cc2cnn(C)c2)cc1. The van der Waals surface area contributed by atoms with Crippen molar-refractivity contribution in [1.82, 2.24) is 14.7 Å². The molecule has 0 aliphatic heterocycles. The topological polar surface area (TPSA) is 56.3 Å². The number of aromatic nitrogens is 2. The van der Waals surface area contributed by atoms with E-state index in [1.807, 2.05) is 24.1 Å². The Balaban J connectivity index is 2.07. The monoisotopic (exact) mass is 288 g/mol. The van der Waals surface area contributed by atoms with Crippen LogP contribution in [0.25, 0.3) is 0 Å². The van der Waals surface area contributed by atoms with Gasteiger partial charge in [-0.05, 0) is 18.2 Å². The van der Waals surface area contributed by atoms with Gasteiger partial charge in [0.25, 0.3) is 0 Å². The molecule has 0 saturated heterocycles. The Bertz CT molecular complexity index is 550. The van der Waals surface area contributed by atoms with E-state index >= 15 is 0 Å². The summed E-state index contributed by atoms with van der Waals surface area (Å²) in [5.74, 6) is 0. The smallest absolute Gasteiger partial charge is 0.0713 e. The number of methoxy groups -OCH3 is 1. The summed E-state index contributed by atoms with van der Waals surface area (Å²) < 4.78 is 6.96. The number of rotatable bonds is 7. The fourth-order valence-corrected chi connectivity index (χ4v) is 2.52. The maximum Gasteiger partial charge on any atom is 0.0713 e. The minimum Gasteiger partial charge on any atom is -0.380 e. The van der Waals surface area contributed by atoms with Crippen LogP contribution >= 0.6 is 0 Å². The molecule has 0 aliphatic rings. The van der Waals surface area contributed by atoms with E-state index in [-0.39, 0.29) is 6.04 Å². The van der Waals surface area contributed by atoms with Crippen molar-refractivity contribution < 1.29 is 4.74 Å². The molecule has 1 aromatic heterocycles. The van der Waals surface area contributed by atoms with Crippen molar-refractivity contribution in [3.63, 3.8) is 0 Å². The summed E-state index contributed by atoms with van der Waals surface area (Å²) >= 11 is 0. The molecule has 0 spiro atoms. The number of nitrogens with zero attached hydrogens (tertiary/aromatic N) is 3. The molecule has 0 amide bonds. The van der Waals surface area contributed by atoms with Gasteiger partial charge in [-0.15, -0.1) is 0 Å². The predicted molar refractivity (Wildman–Crippen MR) is 83.6 cm³/mol. The van der Waals surface area contributed by atoms with Gasteiger partial charge in [0.2, 0.25) is 0 Å². The Morgan fingerprint density at radius 3 is 2.52 bits per heavy atom. The van der Waals surface area contributed by atoms with E-state index in [1.165, 1.54) is 16.7 Å². The second-order valence-corrected chi connectivity index (χ2v) is 5.36. The van der Waals surface area contributed by atoms with Crippen LogP contribution in [0.2, 0.25) is 0 Å². The number of likely N-dealkylation sites (N-methyl/N-ethyl adjacent to an activating group) is 1. The van der Waals surface area contributed by atoms with Gasteiger partial charge in [-0.2, -0.15) is 5.10 Å². The van der Waals surface area contributed by atoms with Crippen LogP contribution < -0.4 is 5.73 Å². The summed E-state index contributed by atoms with van der Waals surface area (Å²) in [5, 5.41) is 4.20. The van der Waals surface area contributed by atoms with Crippen molar-refractivity contribution >= 4 is 0 Å². The lowest BCUT2D eigenvalue weighted by Gasteiger charge is -2.27. The molecular formula is C16H24N4O. The lowest BCUT2D eigenvalue weighted by molar-refractivity contribution is 0.185. The van der Waals surface area contributed by atoms with Gasteiger partial charge in [0.05, 0.1) is 12.8 Å². The highest BCUT2D eigenvalue weighted by Crippen LogP contribution is 2.21. The summed E-state index contributed by atoms with van der Waals surface area (Å²) in [7, 11) is 5.73. The molecule has 1 unspecified atom stereocenters. The van der Waals surface area contributed by atoms with Crippen molar-refractivity contribution in [1.29, 1.82) is 0 Å². The van der Waals surface area contributed by atoms with Crippen LogP contribution in [0.15, 0.2) is 36.7 Å². The molecule has 0 bridgehead atoms. The van der Waals surface area contributed by atoms with E-state index in [2.05, 4.69) is 41.3 Å². The molecule has 0 radical (unpaired) electrons. The number of hydrogen-bond donors (Lipinski definition) is 1. The van der Waals surface area contributed by atoms with E-state index in [4.69, 9.17) is 10.5 Å². The molecule has 1 heterocycles. The fourth-order valence-electron chi connectivity index (χ4n) is 2.52. The third-order valence-electron chi connectivity index (χ3n) is 3.62. The number of aryl methyl sites for hydroxylation is 1. The molecule has 0 fully saturated rings. The van der Waals surface area contributed by atoms with Crippen LogP contribution in [-0.2, 0) is 24.9 Å². The lowest BCUT2D eigenvalue weighted by atomic mass is 10.0. The van der Waals surface area contributed by atoms with Crippen LogP contribution in [0.3, 0.4) is 0 Å². The van der Waals surface area contributed by atoms with Gasteiger partial charge in [0.1, 0.15) is 0 Å². The Morgan fingerprint density at radius 1 is 1.29 bits per heavy atom. The van der Waals surface area contributed by atoms with Crippen LogP contribution in [0.5, 0.6) is 0 Å². The predicted octanol–water partition coefficient (Wildman–Crippen LogP) is 1.70. The van der Waals surface area contributed by atoms with Crippen molar-refractivity contribution in [3.8, 4) is 0 Å². The van der Waals surface area contributed by atoms with E-state index in [9.17, 15) is 0 Å². The molecule has 2 rings (SSSR count). The Kier molecular flexibility index (Phi) is 5.50. The normalized spacial score (nSPS) is 12.8. The number of hydrogen-bond acceptors (Lipinski definition) is 4. The van der Waals surface area contributed by atoms with E-state index in [1.54, 1.807) is 7.11 Å². The van der Waals surface area contributed by atoms with Gasteiger partial charge in [-0.3, -0.25) is 9.58 Å². The van der Waals surface area contributed by atoms with Crippen molar-refractivity contribution in [2.75, 3.05) is 20.7 Å². The van der Waals surface area contributed by atoms with Crippen molar-refractivity contribution in [3.05, 3.63) is 53.3 Å². The molecule has 21 heavy (non-hydrogen) atoms. The van der Waals surface area contributed by atoms with E-state index < -0.39 is 0 Å². The fraction of sp³-hybridized carbons (Fsp3) is 0.438. The van der Waals surface area contributed by atoms with E-state index in [0.717, 1.165) is 6.54 Å². The Labute approximate surface area is 126 Å². The molecule has 2 aromatic rings. The van der Waals surface area contributed by atoms with Crippen molar-refractivity contribution in [2.45, 2.75) is 19.2 Å². The highest BCUT2D eigenvalue weighted by Gasteiger charge is 2.16. The summed E-state index contributed by atoms with van der Waals surface area (Å²) in [6.45, 7) is 2.05. The summed E-state index contributed by atoms with van der Waals surface area (Å²) in [4.78, 5) is 2.25. The molecule has 1 atom stereocenters. The maximum absolute atomic E-state index is 5.97. The summed E-state index contributed by atoms with van der Waals surface area (Å²) in [5.41, 5.74) is 9.56. The van der Waals surface area contributed by atoms with Gasteiger partial charge in [-0.25, -0.2) is 0 Å². The standard InChI is InChI=1S/C16H24N4O/c1-19(10-14-9-18-20(2)11-14)16(8-17)15-6-4-13(5-7-15)12-21-3/h4-7,9,11,16H,8,10,12,17H2,1-3H3. The summed E-state index contributed by atoms with van der Waals surface area (Å²) in [6.07, 6.45) is 3.93. The molecule has 114 valence electrons. The zero-order chi connectivity index (χ0) is 15.2. The molecule has 2 N–H and O–H groups in total. The maximum atomic E-state index is 5.97. The van der Waals surface area contributed by atoms with Crippen molar-refractivity contribution in [2.24, 2.45) is 12.8 Å². The first-order chi connectivity index (χ1) is 10.1. The zero-order valence-electron chi connectivity index (χ0n) is 13.0. The van der Waals surface area contributed by atoms with Gasteiger partial charge in [0.15, 0.2) is 0 Å². The minimum atomic E-state index is 0.196. The largest absolute Gasteiger partial charge is 0.380 e. The first-order valence-corrected chi connectivity index (χ1v) is 7.09. The van der Waals surface area contributed by atoms with Gasteiger partial charge in [0, 0.05) is 45.0 Å². The average Bonchev–Trinajstić information content (AvgIpc) is 2.87. The van der Waals surface area contributed by atoms with Crippen LogP contribution in [0.4, 0.5) is 0 Å². The quantitative estimate of drug-likeness (QED) is 0.842. The van der Waals surface area contributed by atoms with Crippen LogP contribution in [0.1, 0.15) is 22.7 Å². The average molecular weight is 288 g/mol. The first kappa shape index (κ1) is 15.7. The third-order valence-corrected chi connectivity index (χ3v) is 3.62. The molecule has 5 nitrogen and oxygen atoms in total. The first-order valence-electron chi connectivity index (χ1n) is 7.09. The number of benzene rings is 1. The zero-order valence-corrected chi connectivity index (χ0v) is 13.0. The van der Waals surface area contributed by atoms with E-state index in [0.29, 0.717) is 13.2 Å². The number of ether oxygens (including phenoxy) is 1.